The Morgan fingerprint density at radius 1 is 1.28 bits per heavy atom. The Labute approximate surface area is 103 Å². The van der Waals surface area contributed by atoms with E-state index in [0.29, 0.717) is 12.1 Å². The van der Waals surface area contributed by atoms with E-state index >= 15 is 0 Å². The van der Waals surface area contributed by atoms with Crippen LogP contribution in [-0.2, 0) is 6.18 Å². The topological polar surface area (TPSA) is 46.0 Å². The van der Waals surface area contributed by atoms with E-state index in [4.69, 9.17) is 0 Å². The van der Waals surface area contributed by atoms with Crippen molar-refractivity contribution in [3.63, 3.8) is 0 Å². The van der Waals surface area contributed by atoms with Crippen LogP contribution in [0.4, 0.5) is 17.6 Å². The standard InChI is InChI=1S/C10H6F4N2OS/c11-7-2-1-5(3-6(7)10(12,13)14)9(17)8-4-18-16-15-8/h1-4,9,17H. The molecule has 0 aliphatic rings. The largest absolute Gasteiger partial charge is 0.419 e. The highest BCUT2D eigenvalue weighted by Crippen LogP contribution is 2.33. The Morgan fingerprint density at radius 3 is 2.56 bits per heavy atom. The molecule has 0 saturated heterocycles. The van der Waals surface area contributed by atoms with Crippen LogP contribution in [0.25, 0.3) is 0 Å². The van der Waals surface area contributed by atoms with Crippen LogP contribution in [0.3, 0.4) is 0 Å². The van der Waals surface area contributed by atoms with Gasteiger partial charge in [0.05, 0.1) is 5.56 Å². The van der Waals surface area contributed by atoms with E-state index in [1.54, 1.807) is 0 Å². The lowest BCUT2D eigenvalue weighted by Gasteiger charge is -2.12. The number of hydrogen-bond acceptors (Lipinski definition) is 4. The zero-order valence-electron chi connectivity index (χ0n) is 8.65. The molecule has 0 amide bonds. The van der Waals surface area contributed by atoms with Crippen molar-refractivity contribution in [1.82, 2.24) is 9.59 Å². The summed E-state index contributed by atoms with van der Waals surface area (Å²) in [5.74, 6) is -1.38. The number of hydrogen-bond donors (Lipinski definition) is 1. The molecule has 18 heavy (non-hydrogen) atoms. The summed E-state index contributed by atoms with van der Waals surface area (Å²) in [5.41, 5.74) is -1.38. The summed E-state index contributed by atoms with van der Waals surface area (Å²) in [5, 5.41) is 14.7. The molecule has 1 atom stereocenters. The van der Waals surface area contributed by atoms with Crippen LogP contribution >= 0.6 is 11.5 Å². The third kappa shape index (κ3) is 2.49. The van der Waals surface area contributed by atoms with Crippen LogP contribution in [0.1, 0.15) is 22.9 Å². The first kappa shape index (κ1) is 12.9. The number of benzene rings is 1. The summed E-state index contributed by atoms with van der Waals surface area (Å²) in [4.78, 5) is 0. The minimum atomic E-state index is -4.81. The molecule has 1 heterocycles. The summed E-state index contributed by atoms with van der Waals surface area (Å²) in [6, 6.07) is 2.31. The Kier molecular flexibility index (Phi) is 3.31. The quantitative estimate of drug-likeness (QED) is 0.859. The van der Waals surface area contributed by atoms with Crippen LogP contribution in [0.15, 0.2) is 23.6 Å². The Balaban J connectivity index is 2.42. The zero-order chi connectivity index (χ0) is 13.3. The maximum absolute atomic E-state index is 13.0. The van der Waals surface area contributed by atoms with Gasteiger partial charge in [0.1, 0.15) is 17.6 Å². The van der Waals surface area contributed by atoms with E-state index < -0.39 is 23.7 Å². The van der Waals surface area contributed by atoms with Crippen molar-refractivity contribution in [3.8, 4) is 0 Å². The third-order valence-electron chi connectivity index (χ3n) is 2.27. The van der Waals surface area contributed by atoms with Crippen LogP contribution in [0, 0.1) is 5.82 Å². The van der Waals surface area contributed by atoms with Crippen molar-refractivity contribution in [2.24, 2.45) is 0 Å². The molecule has 0 fully saturated rings. The molecule has 1 aromatic heterocycles. The molecular formula is C10H6F4N2OS. The molecule has 0 bridgehead atoms. The molecule has 1 unspecified atom stereocenters. The highest BCUT2D eigenvalue weighted by Gasteiger charge is 2.34. The monoisotopic (exact) mass is 278 g/mol. The normalized spacial score (nSPS) is 13.6. The first-order valence-corrected chi connectivity index (χ1v) is 5.55. The molecule has 8 heteroatoms. The van der Waals surface area contributed by atoms with Crippen LogP contribution in [-0.4, -0.2) is 14.7 Å². The van der Waals surface area contributed by atoms with Crippen molar-refractivity contribution < 1.29 is 22.7 Å². The van der Waals surface area contributed by atoms with Crippen molar-refractivity contribution in [2.45, 2.75) is 12.3 Å². The predicted octanol–water partition coefficient (Wildman–Crippen LogP) is 2.78. The summed E-state index contributed by atoms with van der Waals surface area (Å²) >= 11 is 0.958. The molecule has 0 aliphatic heterocycles. The van der Waals surface area contributed by atoms with E-state index in [0.717, 1.165) is 17.6 Å². The summed E-state index contributed by atoms with van der Waals surface area (Å²) in [6.07, 6.45) is -6.16. The van der Waals surface area contributed by atoms with Gasteiger partial charge in [-0.15, -0.1) is 5.10 Å². The van der Waals surface area contributed by atoms with Crippen molar-refractivity contribution in [3.05, 3.63) is 46.2 Å². The van der Waals surface area contributed by atoms with Gasteiger partial charge in [-0.1, -0.05) is 10.6 Å². The van der Waals surface area contributed by atoms with Crippen molar-refractivity contribution in [2.75, 3.05) is 0 Å². The number of nitrogens with zero attached hydrogens (tertiary/aromatic N) is 2. The fourth-order valence-electron chi connectivity index (χ4n) is 1.39. The van der Waals surface area contributed by atoms with E-state index in [9.17, 15) is 22.7 Å². The number of aliphatic hydroxyl groups excluding tert-OH is 1. The molecule has 3 nitrogen and oxygen atoms in total. The molecule has 2 aromatic rings. The highest BCUT2D eigenvalue weighted by atomic mass is 32.1. The van der Waals surface area contributed by atoms with Crippen molar-refractivity contribution >= 4 is 11.5 Å². The number of aliphatic hydroxyl groups is 1. The van der Waals surface area contributed by atoms with Gasteiger partial charge in [0.25, 0.3) is 0 Å². The fourth-order valence-corrected chi connectivity index (χ4v) is 1.86. The summed E-state index contributed by atoms with van der Waals surface area (Å²) in [7, 11) is 0. The summed E-state index contributed by atoms with van der Waals surface area (Å²) < 4.78 is 54.0. The van der Waals surface area contributed by atoms with E-state index in [1.165, 1.54) is 5.38 Å². The van der Waals surface area contributed by atoms with E-state index in [2.05, 4.69) is 9.59 Å². The second-order valence-electron chi connectivity index (χ2n) is 3.47. The van der Waals surface area contributed by atoms with Crippen molar-refractivity contribution in [1.29, 1.82) is 0 Å². The van der Waals surface area contributed by atoms with Gasteiger partial charge in [-0.25, -0.2) is 4.39 Å². The first-order chi connectivity index (χ1) is 8.39. The van der Waals surface area contributed by atoms with Gasteiger partial charge in [-0.3, -0.25) is 0 Å². The van der Waals surface area contributed by atoms with Gasteiger partial charge in [0.15, 0.2) is 0 Å². The van der Waals surface area contributed by atoms with Gasteiger partial charge in [-0.2, -0.15) is 13.2 Å². The van der Waals surface area contributed by atoms with E-state index in [-0.39, 0.29) is 11.3 Å². The molecular weight excluding hydrogens is 272 g/mol. The van der Waals surface area contributed by atoms with Gasteiger partial charge in [-0.05, 0) is 29.2 Å². The zero-order valence-corrected chi connectivity index (χ0v) is 9.46. The average Bonchev–Trinajstić information content (AvgIpc) is 2.80. The maximum atomic E-state index is 13.0. The Hall–Kier alpha value is -1.54. The molecule has 1 aromatic carbocycles. The second kappa shape index (κ2) is 4.62. The number of halogens is 4. The lowest BCUT2D eigenvalue weighted by molar-refractivity contribution is -0.140. The Bertz CT molecular complexity index is 541. The first-order valence-electron chi connectivity index (χ1n) is 4.71. The molecule has 2 rings (SSSR count). The third-order valence-corrected chi connectivity index (χ3v) is 2.79. The molecule has 0 radical (unpaired) electrons. The lowest BCUT2D eigenvalue weighted by atomic mass is 10.0. The molecule has 1 N–H and O–H groups in total. The molecule has 0 saturated carbocycles. The van der Waals surface area contributed by atoms with Crippen LogP contribution < -0.4 is 0 Å². The Morgan fingerprint density at radius 2 is 2.00 bits per heavy atom. The van der Waals surface area contributed by atoms with Gasteiger partial charge >= 0.3 is 6.18 Å². The smallest absolute Gasteiger partial charge is 0.382 e. The lowest BCUT2D eigenvalue weighted by Crippen LogP contribution is -2.10. The number of alkyl halides is 3. The number of rotatable bonds is 2. The average molecular weight is 278 g/mol. The second-order valence-corrected chi connectivity index (χ2v) is 4.08. The fraction of sp³-hybridized carbons (Fsp3) is 0.200. The number of aromatic nitrogens is 2. The minimum Gasteiger partial charge on any atom is -0.382 e. The maximum Gasteiger partial charge on any atom is 0.419 e. The van der Waals surface area contributed by atoms with E-state index in [1.807, 2.05) is 0 Å². The molecule has 96 valence electrons. The van der Waals surface area contributed by atoms with Crippen LogP contribution in [0.2, 0.25) is 0 Å². The highest BCUT2D eigenvalue weighted by molar-refractivity contribution is 7.03. The minimum absolute atomic E-state index is 0.0866. The molecule has 0 aliphatic carbocycles. The SMILES string of the molecule is OC(c1ccc(F)c(C(F)(F)F)c1)c1csnn1. The van der Waals surface area contributed by atoms with Gasteiger partial charge in [0.2, 0.25) is 0 Å². The van der Waals surface area contributed by atoms with Crippen LogP contribution in [0.5, 0.6) is 0 Å². The predicted molar refractivity (Wildman–Crippen MR) is 55.4 cm³/mol. The molecule has 0 spiro atoms. The van der Waals surface area contributed by atoms with Gasteiger partial charge < -0.3 is 5.11 Å². The van der Waals surface area contributed by atoms with Gasteiger partial charge in [0, 0.05) is 5.38 Å². The summed E-state index contributed by atoms with van der Waals surface area (Å²) in [6.45, 7) is 0.